The summed E-state index contributed by atoms with van der Waals surface area (Å²) in [6.07, 6.45) is 1.65. The molecule has 1 atom stereocenters. The number of halogens is 4. The van der Waals surface area contributed by atoms with E-state index in [1.807, 2.05) is 6.92 Å². The molecule has 0 saturated carbocycles. The average Bonchev–Trinajstić information content (AvgIpc) is 2.76. The van der Waals surface area contributed by atoms with Crippen LogP contribution in [0.2, 0.25) is 20.1 Å². The number of rotatable bonds is 10. The first-order valence-electron chi connectivity index (χ1n) is 10.3. The predicted molar refractivity (Wildman–Crippen MR) is 138 cm³/mol. The molecule has 186 valence electrons. The smallest absolute Gasteiger partial charge is 0.244 e. The molecule has 7 nitrogen and oxygen atoms in total. The Hall–Kier alpha value is -1.71. The first kappa shape index (κ1) is 28.5. The topological polar surface area (TPSA) is 86.8 Å². The summed E-state index contributed by atoms with van der Waals surface area (Å²) in [7, 11) is -3.95. The highest BCUT2D eigenvalue weighted by atomic mass is 35.5. The molecule has 0 radical (unpaired) electrons. The highest BCUT2D eigenvalue weighted by Crippen LogP contribution is 2.34. The van der Waals surface area contributed by atoms with Gasteiger partial charge in [0.05, 0.1) is 22.0 Å². The van der Waals surface area contributed by atoms with Gasteiger partial charge in [0.15, 0.2) is 0 Å². The van der Waals surface area contributed by atoms with Gasteiger partial charge in [-0.3, -0.25) is 13.9 Å². The Labute approximate surface area is 220 Å². The maximum absolute atomic E-state index is 13.5. The van der Waals surface area contributed by atoms with Crippen LogP contribution in [0.5, 0.6) is 0 Å². The van der Waals surface area contributed by atoms with Gasteiger partial charge in [-0.2, -0.15) is 0 Å². The third kappa shape index (κ3) is 7.15. The number of nitrogens with zero attached hydrogens (tertiary/aromatic N) is 2. The van der Waals surface area contributed by atoms with E-state index in [1.165, 1.54) is 23.1 Å². The zero-order valence-electron chi connectivity index (χ0n) is 18.8. The SMILES string of the molecule is CCCNC(=O)[C@@H](C)N(Cc1c(Cl)cccc1Cl)C(=O)CN(c1cccc(Cl)c1Cl)S(C)(=O)=O. The van der Waals surface area contributed by atoms with Crippen LogP contribution in [0.1, 0.15) is 25.8 Å². The molecule has 0 fully saturated rings. The van der Waals surface area contributed by atoms with Crippen molar-refractivity contribution in [3.05, 3.63) is 62.1 Å². The zero-order chi connectivity index (χ0) is 25.6. The van der Waals surface area contributed by atoms with Crippen LogP contribution in [0.4, 0.5) is 5.69 Å². The summed E-state index contributed by atoms with van der Waals surface area (Å²) in [4.78, 5) is 27.4. The van der Waals surface area contributed by atoms with Crippen LogP contribution in [-0.2, 0) is 26.2 Å². The van der Waals surface area contributed by atoms with Crippen LogP contribution >= 0.6 is 46.4 Å². The number of anilines is 1. The third-order valence-corrected chi connectivity index (χ3v) is 7.63. The van der Waals surface area contributed by atoms with Crippen molar-refractivity contribution in [3.8, 4) is 0 Å². The van der Waals surface area contributed by atoms with Crippen molar-refractivity contribution in [2.75, 3.05) is 23.7 Å². The molecular formula is C22H25Cl4N3O4S. The highest BCUT2D eigenvalue weighted by Gasteiger charge is 2.31. The molecule has 0 bridgehead atoms. The molecule has 0 aromatic heterocycles. The van der Waals surface area contributed by atoms with Gasteiger partial charge in [0.25, 0.3) is 0 Å². The summed E-state index contributed by atoms with van der Waals surface area (Å²) in [6.45, 7) is 3.14. The summed E-state index contributed by atoms with van der Waals surface area (Å²) in [5.41, 5.74) is 0.477. The fourth-order valence-electron chi connectivity index (χ4n) is 3.11. The van der Waals surface area contributed by atoms with Gasteiger partial charge in [-0.05, 0) is 37.6 Å². The van der Waals surface area contributed by atoms with Gasteiger partial charge in [0.1, 0.15) is 12.6 Å². The second-order valence-electron chi connectivity index (χ2n) is 7.53. The Morgan fingerprint density at radius 3 is 2.12 bits per heavy atom. The van der Waals surface area contributed by atoms with Gasteiger partial charge >= 0.3 is 0 Å². The molecule has 2 rings (SSSR count). The van der Waals surface area contributed by atoms with Gasteiger partial charge in [0.2, 0.25) is 21.8 Å². The lowest BCUT2D eigenvalue weighted by Crippen LogP contribution is -2.51. The minimum absolute atomic E-state index is 0.0168. The normalized spacial score (nSPS) is 12.2. The van der Waals surface area contributed by atoms with E-state index in [-0.39, 0.29) is 22.3 Å². The number of hydrogen-bond donors (Lipinski definition) is 1. The maximum Gasteiger partial charge on any atom is 0.244 e. The van der Waals surface area contributed by atoms with E-state index in [0.717, 1.165) is 10.6 Å². The molecule has 0 heterocycles. The van der Waals surface area contributed by atoms with Gasteiger partial charge < -0.3 is 10.2 Å². The van der Waals surface area contributed by atoms with E-state index >= 15 is 0 Å². The number of hydrogen-bond acceptors (Lipinski definition) is 4. The van der Waals surface area contributed by atoms with Crippen LogP contribution in [-0.4, -0.2) is 50.5 Å². The van der Waals surface area contributed by atoms with Gasteiger partial charge in [-0.25, -0.2) is 8.42 Å². The van der Waals surface area contributed by atoms with E-state index in [1.54, 1.807) is 25.1 Å². The van der Waals surface area contributed by atoms with Crippen molar-refractivity contribution in [1.29, 1.82) is 0 Å². The molecule has 0 unspecified atom stereocenters. The summed E-state index contributed by atoms with van der Waals surface area (Å²) in [5.74, 6) is -1.05. The number of sulfonamides is 1. The molecule has 0 aliphatic rings. The van der Waals surface area contributed by atoms with E-state index in [9.17, 15) is 18.0 Å². The minimum Gasteiger partial charge on any atom is -0.354 e. The van der Waals surface area contributed by atoms with Crippen LogP contribution < -0.4 is 9.62 Å². The van der Waals surface area contributed by atoms with E-state index < -0.39 is 34.4 Å². The summed E-state index contributed by atoms with van der Waals surface area (Å²) in [5, 5.41) is 3.48. The van der Waals surface area contributed by atoms with Crippen LogP contribution in [0, 0.1) is 0 Å². The van der Waals surface area contributed by atoms with Crippen molar-refractivity contribution in [3.63, 3.8) is 0 Å². The van der Waals surface area contributed by atoms with E-state index in [2.05, 4.69) is 5.32 Å². The Balaban J connectivity index is 2.48. The number of amides is 2. The number of benzene rings is 2. The van der Waals surface area contributed by atoms with Gasteiger partial charge in [0, 0.05) is 28.7 Å². The molecule has 1 N–H and O–H groups in total. The summed E-state index contributed by atoms with van der Waals surface area (Å²) in [6, 6.07) is 8.40. The van der Waals surface area contributed by atoms with Crippen LogP contribution in [0.3, 0.4) is 0 Å². The molecule has 0 spiro atoms. The zero-order valence-corrected chi connectivity index (χ0v) is 22.7. The molecule has 12 heteroatoms. The molecule has 0 saturated heterocycles. The second kappa shape index (κ2) is 12.3. The quantitative estimate of drug-likeness (QED) is 0.436. The van der Waals surface area contributed by atoms with E-state index in [4.69, 9.17) is 46.4 Å². The molecule has 0 aliphatic carbocycles. The molecular weight excluding hydrogens is 544 g/mol. The second-order valence-corrected chi connectivity index (χ2v) is 11.0. The Morgan fingerprint density at radius 2 is 1.56 bits per heavy atom. The standard InChI is InChI=1S/C22H25Cl4N3O4S/c1-4-11-27-22(31)14(2)28(12-15-16(23)7-5-8-17(15)24)20(30)13-29(34(3,32)33)19-10-6-9-18(25)21(19)26/h5-10,14H,4,11-13H2,1-3H3,(H,27,31)/t14-/m1/s1. The van der Waals surface area contributed by atoms with Crippen molar-refractivity contribution < 1.29 is 18.0 Å². The third-order valence-electron chi connectivity index (χ3n) is 4.99. The monoisotopic (exact) mass is 567 g/mol. The Morgan fingerprint density at radius 1 is 1.00 bits per heavy atom. The lowest BCUT2D eigenvalue weighted by atomic mass is 10.1. The molecule has 2 aromatic carbocycles. The highest BCUT2D eigenvalue weighted by molar-refractivity contribution is 7.92. The largest absolute Gasteiger partial charge is 0.354 e. The minimum atomic E-state index is -3.95. The Kier molecular flexibility index (Phi) is 10.3. The van der Waals surface area contributed by atoms with Crippen LogP contribution in [0.25, 0.3) is 0 Å². The fraction of sp³-hybridized carbons (Fsp3) is 0.364. The molecule has 2 aromatic rings. The maximum atomic E-state index is 13.5. The first-order valence-corrected chi connectivity index (χ1v) is 13.7. The molecule has 34 heavy (non-hydrogen) atoms. The number of nitrogens with one attached hydrogen (secondary N) is 1. The molecule has 2 amide bonds. The van der Waals surface area contributed by atoms with Gasteiger partial charge in [-0.15, -0.1) is 0 Å². The summed E-state index contributed by atoms with van der Waals surface area (Å²) < 4.78 is 26.0. The van der Waals surface area contributed by atoms with Crippen molar-refractivity contribution >= 4 is 73.9 Å². The average molecular weight is 569 g/mol. The van der Waals surface area contributed by atoms with Crippen molar-refractivity contribution in [2.45, 2.75) is 32.9 Å². The van der Waals surface area contributed by atoms with Crippen molar-refractivity contribution in [2.24, 2.45) is 0 Å². The number of carbonyl (C=O) groups excluding carboxylic acids is 2. The van der Waals surface area contributed by atoms with Crippen LogP contribution in [0.15, 0.2) is 36.4 Å². The summed E-state index contributed by atoms with van der Waals surface area (Å²) >= 11 is 24.9. The lowest BCUT2D eigenvalue weighted by Gasteiger charge is -2.32. The molecule has 0 aliphatic heterocycles. The Bertz CT molecular complexity index is 1140. The first-order chi connectivity index (χ1) is 15.9. The lowest BCUT2D eigenvalue weighted by molar-refractivity contribution is -0.139. The van der Waals surface area contributed by atoms with Crippen molar-refractivity contribution in [1.82, 2.24) is 10.2 Å². The van der Waals surface area contributed by atoms with E-state index in [0.29, 0.717) is 28.6 Å². The predicted octanol–water partition coefficient (Wildman–Crippen LogP) is 5.01. The van der Waals surface area contributed by atoms with Gasteiger partial charge in [-0.1, -0.05) is 65.5 Å². The number of carbonyl (C=O) groups is 2. The fourth-order valence-corrected chi connectivity index (χ4v) is 4.93.